The Labute approximate surface area is 71.0 Å². The number of rotatable bonds is 0. The second-order valence-corrected chi connectivity index (χ2v) is 2.83. The van der Waals surface area contributed by atoms with Gasteiger partial charge in [0.05, 0.1) is 23.4 Å². The van der Waals surface area contributed by atoms with Gasteiger partial charge in [0.15, 0.2) is 0 Å². The lowest BCUT2D eigenvalue weighted by Crippen LogP contribution is -2.16. The first-order valence-corrected chi connectivity index (χ1v) is 4.00. The van der Waals surface area contributed by atoms with Crippen LogP contribution in [0, 0.1) is 11.3 Å². The van der Waals surface area contributed by atoms with Gasteiger partial charge in [-0.3, -0.25) is 4.98 Å². The van der Waals surface area contributed by atoms with E-state index in [0.717, 1.165) is 24.3 Å². The smallest absolute Gasteiger partial charge is 0.0922 e. The van der Waals surface area contributed by atoms with Gasteiger partial charge in [-0.1, -0.05) is 0 Å². The molecule has 0 bridgehead atoms. The fraction of sp³-hybridized carbons (Fsp3) is 0.333. The van der Waals surface area contributed by atoms with Crippen molar-refractivity contribution in [3.05, 3.63) is 24.0 Å². The second kappa shape index (κ2) is 2.82. The van der Waals surface area contributed by atoms with Gasteiger partial charge in [0.2, 0.25) is 0 Å². The summed E-state index contributed by atoms with van der Waals surface area (Å²) in [5.41, 5.74) is 1.90. The molecule has 0 fully saturated rings. The summed E-state index contributed by atoms with van der Waals surface area (Å²) in [6, 6.07) is 6.10. The number of nitrogens with one attached hydrogen (secondary N) is 1. The standard InChI is InChI=1S/C9H9N3/c10-6-7-3-5-11-8-2-1-4-12-9(7)8/h1-2,4,7,11H,3,5H2. The summed E-state index contributed by atoms with van der Waals surface area (Å²) in [5, 5.41) is 12.0. The van der Waals surface area contributed by atoms with Crippen LogP contribution in [0.1, 0.15) is 18.0 Å². The van der Waals surface area contributed by atoms with E-state index in [4.69, 9.17) is 5.26 Å². The number of pyridine rings is 1. The molecule has 0 saturated heterocycles. The molecule has 1 aliphatic heterocycles. The second-order valence-electron chi connectivity index (χ2n) is 2.83. The van der Waals surface area contributed by atoms with E-state index in [9.17, 15) is 0 Å². The highest BCUT2D eigenvalue weighted by molar-refractivity contribution is 5.52. The molecule has 0 saturated carbocycles. The predicted octanol–water partition coefficient (Wildman–Crippen LogP) is 1.50. The summed E-state index contributed by atoms with van der Waals surface area (Å²) in [6.07, 6.45) is 2.59. The van der Waals surface area contributed by atoms with Crippen LogP contribution in [-0.4, -0.2) is 11.5 Å². The molecular formula is C9H9N3. The summed E-state index contributed by atoms with van der Waals surface area (Å²) in [7, 11) is 0. The van der Waals surface area contributed by atoms with E-state index in [1.165, 1.54) is 0 Å². The number of anilines is 1. The van der Waals surface area contributed by atoms with Gasteiger partial charge < -0.3 is 5.32 Å². The zero-order valence-electron chi connectivity index (χ0n) is 6.62. The minimum Gasteiger partial charge on any atom is -0.383 e. The van der Waals surface area contributed by atoms with E-state index in [0.29, 0.717) is 0 Å². The summed E-state index contributed by atoms with van der Waals surface area (Å²) in [4.78, 5) is 4.19. The summed E-state index contributed by atoms with van der Waals surface area (Å²) < 4.78 is 0. The fourth-order valence-corrected chi connectivity index (χ4v) is 1.46. The number of hydrogen-bond acceptors (Lipinski definition) is 3. The van der Waals surface area contributed by atoms with E-state index < -0.39 is 0 Å². The van der Waals surface area contributed by atoms with Crippen molar-refractivity contribution in [1.82, 2.24) is 4.98 Å². The van der Waals surface area contributed by atoms with Crippen LogP contribution in [0.25, 0.3) is 0 Å². The van der Waals surface area contributed by atoms with Gasteiger partial charge in [-0.25, -0.2) is 0 Å². The molecule has 1 unspecified atom stereocenters. The molecule has 12 heavy (non-hydrogen) atoms. The summed E-state index contributed by atoms with van der Waals surface area (Å²) in [6.45, 7) is 0.872. The van der Waals surface area contributed by atoms with E-state index in [1.54, 1.807) is 6.20 Å². The lowest BCUT2D eigenvalue weighted by molar-refractivity contribution is 0.727. The predicted molar refractivity (Wildman–Crippen MR) is 45.7 cm³/mol. The van der Waals surface area contributed by atoms with Crippen molar-refractivity contribution in [3.63, 3.8) is 0 Å². The number of nitrogens with zero attached hydrogens (tertiary/aromatic N) is 2. The number of aromatic nitrogens is 1. The van der Waals surface area contributed by atoms with Crippen LogP contribution in [0.5, 0.6) is 0 Å². The number of nitriles is 1. The van der Waals surface area contributed by atoms with Crippen molar-refractivity contribution in [2.45, 2.75) is 12.3 Å². The Kier molecular flexibility index (Phi) is 1.67. The maximum atomic E-state index is 8.82. The first kappa shape index (κ1) is 7.11. The van der Waals surface area contributed by atoms with Crippen molar-refractivity contribution in [2.24, 2.45) is 0 Å². The zero-order valence-corrected chi connectivity index (χ0v) is 6.62. The van der Waals surface area contributed by atoms with E-state index in [-0.39, 0.29) is 5.92 Å². The Balaban J connectivity index is 2.45. The van der Waals surface area contributed by atoms with Crippen molar-refractivity contribution in [3.8, 4) is 6.07 Å². The fourth-order valence-electron chi connectivity index (χ4n) is 1.46. The summed E-state index contributed by atoms with van der Waals surface area (Å²) >= 11 is 0. The van der Waals surface area contributed by atoms with Crippen molar-refractivity contribution in [1.29, 1.82) is 5.26 Å². The van der Waals surface area contributed by atoms with E-state index in [2.05, 4.69) is 16.4 Å². The lowest BCUT2D eigenvalue weighted by Gasteiger charge is -2.20. The first-order valence-electron chi connectivity index (χ1n) is 4.00. The summed E-state index contributed by atoms with van der Waals surface area (Å²) in [5.74, 6) is -0.0255. The van der Waals surface area contributed by atoms with E-state index >= 15 is 0 Å². The monoisotopic (exact) mass is 159 g/mol. The van der Waals surface area contributed by atoms with Crippen LogP contribution in [-0.2, 0) is 0 Å². The Morgan fingerprint density at radius 1 is 1.67 bits per heavy atom. The van der Waals surface area contributed by atoms with Gasteiger partial charge >= 0.3 is 0 Å². The van der Waals surface area contributed by atoms with Gasteiger partial charge in [-0.05, 0) is 18.6 Å². The minimum atomic E-state index is -0.0255. The topological polar surface area (TPSA) is 48.7 Å². The van der Waals surface area contributed by atoms with Gasteiger partial charge in [0.25, 0.3) is 0 Å². The Hall–Kier alpha value is -1.56. The number of hydrogen-bond donors (Lipinski definition) is 1. The molecule has 0 spiro atoms. The van der Waals surface area contributed by atoms with Crippen molar-refractivity contribution >= 4 is 5.69 Å². The third kappa shape index (κ3) is 1.02. The highest BCUT2D eigenvalue weighted by atomic mass is 14.9. The van der Waals surface area contributed by atoms with Gasteiger partial charge in [-0.2, -0.15) is 5.26 Å². The maximum Gasteiger partial charge on any atom is 0.0922 e. The van der Waals surface area contributed by atoms with Crippen molar-refractivity contribution in [2.75, 3.05) is 11.9 Å². The average molecular weight is 159 g/mol. The molecule has 2 heterocycles. The van der Waals surface area contributed by atoms with Gasteiger partial charge in [0.1, 0.15) is 0 Å². The molecule has 0 aliphatic carbocycles. The quantitative estimate of drug-likeness (QED) is 0.624. The Morgan fingerprint density at radius 2 is 2.58 bits per heavy atom. The molecule has 1 atom stereocenters. The lowest BCUT2D eigenvalue weighted by atomic mass is 9.98. The molecule has 3 heteroatoms. The molecule has 1 N–H and O–H groups in total. The van der Waals surface area contributed by atoms with Crippen LogP contribution in [0.3, 0.4) is 0 Å². The van der Waals surface area contributed by atoms with Crippen LogP contribution in [0.4, 0.5) is 5.69 Å². The molecule has 0 amide bonds. The highest BCUT2D eigenvalue weighted by Gasteiger charge is 2.19. The average Bonchev–Trinajstić information content (AvgIpc) is 2.17. The normalized spacial score (nSPS) is 20.4. The molecule has 0 radical (unpaired) electrons. The van der Waals surface area contributed by atoms with Gasteiger partial charge in [-0.15, -0.1) is 0 Å². The molecule has 1 aromatic rings. The van der Waals surface area contributed by atoms with Crippen LogP contribution >= 0.6 is 0 Å². The SMILES string of the molecule is N#CC1CCNc2cccnc21. The third-order valence-corrected chi connectivity index (χ3v) is 2.07. The maximum absolute atomic E-state index is 8.82. The molecule has 3 nitrogen and oxygen atoms in total. The minimum absolute atomic E-state index is 0.0255. The Bertz CT molecular complexity index is 327. The largest absolute Gasteiger partial charge is 0.383 e. The molecule has 1 aromatic heterocycles. The molecule has 2 rings (SSSR count). The molecule has 60 valence electrons. The highest BCUT2D eigenvalue weighted by Crippen LogP contribution is 2.28. The van der Waals surface area contributed by atoms with Crippen LogP contribution in [0.15, 0.2) is 18.3 Å². The van der Waals surface area contributed by atoms with Crippen LogP contribution < -0.4 is 5.32 Å². The Morgan fingerprint density at radius 3 is 3.42 bits per heavy atom. The van der Waals surface area contributed by atoms with Gasteiger partial charge in [0, 0.05) is 12.7 Å². The van der Waals surface area contributed by atoms with E-state index in [1.807, 2.05) is 12.1 Å². The third-order valence-electron chi connectivity index (χ3n) is 2.07. The zero-order chi connectivity index (χ0) is 8.39. The first-order chi connectivity index (χ1) is 5.92. The molecule has 0 aromatic carbocycles. The number of fused-ring (bicyclic) bond motifs is 1. The molecule has 1 aliphatic rings. The van der Waals surface area contributed by atoms with Crippen LogP contribution in [0.2, 0.25) is 0 Å². The molecular weight excluding hydrogens is 150 g/mol. The van der Waals surface area contributed by atoms with Crippen molar-refractivity contribution < 1.29 is 0 Å².